The zero-order valence-electron chi connectivity index (χ0n) is 6.96. The molecule has 3 heteroatoms. The minimum Gasteiger partial charge on any atom is -0.405 e. The molecule has 0 bridgehead atoms. The van der Waals surface area contributed by atoms with Crippen LogP contribution in [0.25, 0.3) is 0 Å². The van der Waals surface area contributed by atoms with E-state index in [4.69, 9.17) is 17.2 Å². The fourth-order valence-electron chi connectivity index (χ4n) is 0.594. The van der Waals surface area contributed by atoms with Gasteiger partial charge in [0, 0.05) is 0 Å². The van der Waals surface area contributed by atoms with Crippen molar-refractivity contribution in [1.29, 1.82) is 0 Å². The Kier molecular flexibility index (Phi) is 3.88. The topological polar surface area (TPSA) is 78.1 Å². The average molecular weight is 153 g/mol. The van der Waals surface area contributed by atoms with Crippen molar-refractivity contribution in [3.8, 4) is 0 Å². The summed E-state index contributed by atoms with van der Waals surface area (Å²) in [6.07, 6.45) is 4.73. The van der Waals surface area contributed by atoms with Crippen LogP contribution in [0.15, 0.2) is 35.3 Å². The van der Waals surface area contributed by atoms with Crippen LogP contribution in [0.1, 0.15) is 13.8 Å². The van der Waals surface area contributed by atoms with Crippen molar-refractivity contribution in [2.24, 2.45) is 17.2 Å². The summed E-state index contributed by atoms with van der Waals surface area (Å²) in [6, 6.07) is 0. The summed E-state index contributed by atoms with van der Waals surface area (Å²) in [4.78, 5) is 0. The zero-order chi connectivity index (χ0) is 8.85. The maximum absolute atomic E-state index is 5.58. The van der Waals surface area contributed by atoms with Crippen molar-refractivity contribution in [2.75, 3.05) is 0 Å². The van der Waals surface area contributed by atoms with Gasteiger partial charge in [-0.1, -0.05) is 5.57 Å². The average Bonchev–Trinajstić information content (AvgIpc) is 1.86. The monoisotopic (exact) mass is 153 g/mol. The molecule has 0 amide bonds. The fraction of sp³-hybridized carbons (Fsp3) is 0.250. The maximum atomic E-state index is 5.58. The summed E-state index contributed by atoms with van der Waals surface area (Å²) in [5, 5.41) is 0. The molecule has 0 aromatic carbocycles. The Hall–Kier alpha value is -1.38. The van der Waals surface area contributed by atoms with Gasteiger partial charge in [-0.25, -0.2) is 0 Å². The van der Waals surface area contributed by atoms with Gasteiger partial charge < -0.3 is 17.2 Å². The summed E-state index contributed by atoms with van der Waals surface area (Å²) in [5.74, 6) is 0. The molecule has 3 nitrogen and oxygen atoms in total. The molecular formula is C8H15N3. The summed E-state index contributed by atoms with van der Waals surface area (Å²) in [6.45, 7) is 3.90. The van der Waals surface area contributed by atoms with Crippen molar-refractivity contribution in [2.45, 2.75) is 13.8 Å². The molecule has 62 valence electrons. The van der Waals surface area contributed by atoms with Gasteiger partial charge in [-0.2, -0.15) is 0 Å². The number of hydrogen-bond acceptors (Lipinski definition) is 3. The molecular weight excluding hydrogens is 138 g/mol. The molecule has 11 heavy (non-hydrogen) atoms. The highest BCUT2D eigenvalue weighted by Gasteiger charge is 1.89. The van der Waals surface area contributed by atoms with E-state index in [9.17, 15) is 0 Å². The smallest absolute Gasteiger partial charge is 0.0562 e. The lowest BCUT2D eigenvalue weighted by atomic mass is 10.2. The second-order valence-electron chi connectivity index (χ2n) is 2.49. The molecule has 0 rings (SSSR count). The predicted molar refractivity (Wildman–Crippen MR) is 48.2 cm³/mol. The standard InChI is InChI=1S/C8H15N3/c1-6(2)5-8(11)7(10)3-4-9/h3-5H,9-11H2,1-2H3/b4-3-,8-7-. The highest BCUT2D eigenvalue weighted by atomic mass is 14.7. The molecule has 0 saturated carbocycles. The Morgan fingerprint density at radius 1 is 1.09 bits per heavy atom. The molecule has 6 N–H and O–H groups in total. The van der Waals surface area contributed by atoms with E-state index in [1.807, 2.05) is 13.8 Å². The Labute approximate surface area is 67.2 Å². The molecule has 0 aromatic heterocycles. The number of rotatable bonds is 2. The van der Waals surface area contributed by atoms with Gasteiger partial charge in [0.2, 0.25) is 0 Å². The quantitative estimate of drug-likeness (QED) is 0.507. The van der Waals surface area contributed by atoms with Gasteiger partial charge >= 0.3 is 0 Å². The van der Waals surface area contributed by atoms with E-state index in [1.54, 1.807) is 12.2 Å². The fourth-order valence-corrected chi connectivity index (χ4v) is 0.594. The minimum atomic E-state index is 0.494. The van der Waals surface area contributed by atoms with Crippen LogP contribution < -0.4 is 17.2 Å². The molecule has 0 aliphatic carbocycles. The third-order valence-corrected chi connectivity index (χ3v) is 1.05. The van der Waals surface area contributed by atoms with Crippen LogP contribution >= 0.6 is 0 Å². The first-order valence-electron chi connectivity index (χ1n) is 3.36. The molecule has 0 heterocycles. The lowest BCUT2D eigenvalue weighted by Crippen LogP contribution is -2.06. The predicted octanol–water partition coefficient (Wildman–Crippen LogP) is 0.554. The van der Waals surface area contributed by atoms with E-state index < -0.39 is 0 Å². The van der Waals surface area contributed by atoms with Crippen molar-refractivity contribution in [3.63, 3.8) is 0 Å². The van der Waals surface area contributed by atoms with Crippen LogP contribution in [-0.2, 0) is 0 Å². The lowest BCUT2D eigenvalue weighted by Gasteiger charge is -1.97. The summed E-state index contributed by atoms with van der Waals surface area (Å²) in [5.41, 5.74) is 18.4. The summed E-state index contributed by atoms with van der Waals surface area (Å²) < 4.78 is 0. The van der Waals surface area contributed by atoms with Crippen LogP contribution in [0.4, 0.5) is 0 Å². The van der Waals surface area contributed by atoms with Gasteiger partial charge in [0.1, 0.15) is 0 Å². The van der Waals surface area contributed by atoms with Crippen molar-refractivity contribution in [1.82, 2.24) is 0 Å². The Balaban J connectivity index is 4.53. The molecule has 0 aromatic rings. The van der Waals surface area contributed by atoms with E-state index in [1.165, 1.54) is 6.20 Å². The highest BCUT2D eigenvalue weighted by Crippen LogP contribution is 1.98. The first kappa shape index (κ1) is 9.62. The summed E-state index contributed by atoms with van der Waals surface area (Å²) >= 11 is 0. The Morgan fingerprint density at radius 2 is 1.64 bits per heavy atom. The largest absolute Gasteiger partial charge is 0.405 e. The maximum Gasteiger partial charge on any atom is 0.0562 e. The highest BCUT2D eigenvalue weighted by molar-refractivity contribution is 5.29. The molecule has 0 spiro atoms. The number of allylic oxidation sites excluding steroid dienone is 3. The van der Waals surface area contributed by atoms with Crippen LogP contribution in [0.5, 0.6) is 0 Å². The van der Waals surface area contributed by atoms with Gasteiger partial charge in [-0.05, 0) is 32.2 Å². The second-order valence-corrected chi connectivity index (χ2v) is 2.49. The van der Waals surface area contributed by atoms with E-state index >= 15 is 0 Å². The number of nitrogens with two attached hydrogens (primary N) is 3. The van der Waals surface area contributed by atoms with Gasteiger partial charge in [0.15, 0.2) is 0 Å². The van der Waals surface area contributed by atoms with Gasteiger partial charge in [0.25, 0.3) is 0 Å². The third kappa shape index (κ3) is 4.08. The normalized spacial score (nSPS) is 12.9. The molecule has 0 aliphatic heterocycles. The lowest BCUT2D eigenvalue weighted by molar-refractivity contribution is 1.24. The van der Waals surface area contributed by atoms with Gasteiger partial charge in [0.05, 0.1) is 11.4 Å². The van der Waals surface area contributed by atoms with E-state index in [0.29, 0.717) is 11.4 Å². The first-order chi connectivity index (χ1) is 5.07. The second kappa shape index (κ2) is 4.44. The Morgan fingerprint density at radius 3 is 2.00 bits per heavy atom. The zero-order valence-corrected chi connectivity index (χ0v) is 6.96. The van der Waals surface area contributed by atoms with E-state index in [2.05, 4.69) is 0 Å². The van der Waals surface area contributed by atoms with Gasteiger partial charge in [-0.3, -0.25) is 0 Å². The Bertz CT molecular complexity index is 207. The molecule has 0 saturated heterocycles. The SMILES string of the molecule is CC(C)=C/C(N)=C(N)\C=C/N. The van der Waals surface area contributed by atoms with Crippen LogP contribution in [0.3, 0.4) is 0 Å². The minimum absolute atomic E-state index is 0.494. The molecule has 0 fully saturated rings. The van der Waals surface area contributed by atoms with Crippen molar-refractivity contribution < 1.29 is 0 Å². The van der Waals surface area contributed by atoms with Crippen molar-refractivity contribution >= 4 is 0 Å². The van der Waals surface area contributed by atoms with Crippen LogP contribution in [-0.4, -0.2) is 0 Å². The number of hydrogen-bond donors (Lipinski definition) is 3. The third-order valence-electron chi connectivity index (χ3n) is 1.05. The first-order valence-corrected chi connectivity index (χ1v) is 3.36. The molecule has 0 unspecified atom stereocenters. The van der Waals surface area contributed by atoms with Crippen LogP contribution in [0.2, 0.25) is 0 Å². The van der Waals surface area contributed by atoms with Gasteiger partial charge in [-0.15, -0.1) is 0 Å². The van der Waals surface area contributed by atoms with E-state index in [-0.39, 0.29) is 0 Å². The van der Waals surface area contributed by atoms with Crippen LogP contribution in [0, 0.1) is 0 Å². The molecule has 0 aliphatic rings. The van der Waals surface area contributed by atoms with E-state index in [0.717, 1.165) is 5.57 Å². The molecule has 0 atom stereocenters. The summed E-state index contributed by atoms with van der Waals surface area (Å²) in [7, 11) is 0. The van der Waals surface area contributed by atoms with Crippen molar-refractivity contribution in [3.05, 3.63) is 35.3 Å². The molecule has 0 radical (unpaired) electrons.